The van der Waals surface area contributed by atoms with Gasteiger partial charge in [-0.15, -0.1) is 0 Å². The lowest BCUT2D eigenvalue weighted by molar-refractivity contribution is -0.122. The number of rotatable bonds is 6. The summed E-state index contributed by atoms with van der Waals surface area (Å²) < 4.78 is 0. The number of carbonyl (C=O) groups excluding carboxylic acids is 1. The van der Waals surface area contributed by atoms with Crippen LogP contribution in [0.5, 0.6) is 0 Å². The highest BCUT2D eigenvalue weighted by molar-refractivity contribution is 5.76. The third kappa shape index (κ3) is 4.66. The smallest absolute Gasteiger partial charge is 0.220 e. The molecule has 3 N–H and O–H groups in total. The van der Waals surface area contributed by atoms with E-state index in [1.54, 1.807) is 0 Å². The molecule has 18 heavy (non-hydrogen) atoms. The van der Waals surface area contributed by atoms with Gasteiger partial charge in [-0.1, -0.05) is 13.8 Å². The summed E-state index contributed by atoms with van der Waals surface area (Å²) >= 11 is 0. The van der Waals surface area contributed by atoms with Crippen molar-refractivity contribution < 1.29 is 4.79 Å². The van der Waals surface area contributed by atoms with Gasteiger partial charge in [0.1, 0.15) is 0 Å². The first-order chi connectivity index (χ1) is 8.56. The molecule has 0 radical (unpaired) electrons. The molecule has 0 aromatic heterocycles. The molecule has 1 fully saturated rings. The quantitative estimate of drug-likeness (QED) is 0.755. The molecule has 4 nitrogen and oxygen atoms in total. The van der Waals surface area contributed by atoms with E-state index in [1.807, 2.05) is 0 Å². The van der Waals surface area contributed by atoms with Gasteiger partial charge in [-0.2, -0.15) is 5.26 Å². The number of nitrogens with two attached hydrogens (primary N) is 1. The molecule has 0 aromatic carbocycles. The summed E-state index contributed by atoms with van der Waals surface area (Å²) in [5, 5.41) is 12.0. The van der Waals surface area contributed by atoms with Gasteiger partial charge in [0, 0.05) is 12.5 Å². The molecule has 1 rings (SSSR count). The van der Waals surface area contributed by atoms with Crippen LogP contribution in [0.1, 0.15) is 46.0 Å². The summed E-state index contributed by atoms with van der Waals surface area (Å²) in [6, 6.07) is 2.33. The summed E-state index contributed by atoms with van der Waals surface area (Å²) in [6.07, 6.45) is 4.35. The van der Waals surface area contributed by atoms with Gasteiger partial charge in [-0.3, -0.25) is 4.79 Å². The highest BCUT2D eigenvalue weighted by Gasteiger charge is 2.28. The summed E-state index contributed by atoms with van der Waals surface area (Å²) in [4.78, 5) is 11.9. The Morgan fingerprint density at radius 3 is 2.78 bits per heavy atom. The van der Waals surface area contributed by atoms with Gasteiger partial charge < -0.3 is 11.1 Å². The molecule has 102 valence electrons. The van der Waals surface area contributed by atoms with Crippen molar-refractivity contribution in [1.82, 2.24) is 5.32 Å². The van der Waals surface area contributed by atoms with Crippen LogP contribution < -0.4 is 11.1 Å². The van der Waals surface area contributed by atoms with E-state index in [-0.39, 0.29) is 23.8 Å². The number of nitriles is 1. The fourth-order valence-electron chi connectivity index (χ4n) is 2.74. The van der Waals surface area contributed by atoms with Crippen molar-refractivity contribution in [3.05, 3.63) is 0 Å². The Hall–Kier alpha value is -1.08. The van der Waals surface area contributed by atoms with Crippen molar-refractivity contribution in [2.45, 2.75) is 52.0 Å². The van der Waals surface area contributed by atoms with Crippen molar-refractivity contribution in [1.29, 1.82) is 5.26 Å². The van der Waals surface area contributed by atoms with E-state index in [4.69, 9.17) is 11.0 Å². The second-order valence-electron chi connectivity index (χ2n) is 5.78. The van der Waals surface area contributed by atoms with E-state index >= 15 is 0 Å². The minimum absolute atomic E-state index is 0.00428. The molecule has 0 heterocycles. The van der Waals surface area contributed by atoms with E-state index in [2.05, 4.69) is 25.2 Å². The Balaban J connectivity index is 2.38. The van der Waals surface area contributed by atoms with Crippen LogP contribution in [0.25, 0.3) is 0 Å². The number of nitrogens with one attached hydrogen (secondary N) is 1. The SMILES string of the molecule is CC(C)CC(CN)CC(=O)NC1CCCC1C#N. The molecule has 3 atom stereocenters. The lowest BCUT2D eigenvalue weighted by Gasteiger charge is -2.20. The van der Waals surface area contributed by atoms with E-state index in [0.717, 1.165) is 25.7 Å². The normalized spacial score (nSPS) is 24.8. The molecule has 1 saturated carbocycles. The van der Waals surface area contributed by atoms with E-state index in [1.165, 1.54) is 0 Å². The first kappa shape index (κ1) is 15.0. The second kappa shape index (κ2) is 7.38. The molecule has 1 amide bonds. The van der Waals surface area contributed by atoms with Crippen LogP contribution >= 0.6 is 0 Å². The number of amides is 1. The van der Waals surface area contributed by atoms with Crippen molar-refractivity contribution in [3.8, 4) is 6.07 Å². The van der Waals surface area contributed by atoms with Crippen molar-refractivity contribution in [2.24, 2.45) is 23.5 Å². The second-order valence-corrected chi connectivity index (χ2v) is 5.78. The summed E-state index contributed by atoms with van der Waals surface area (Å²) in [5.41, 5.74) is 5.70. The van der Waals surface area contributed by atoms with E-state index in [9.17, 15) is 4.79 Å². The third-order valence-corrected chi connectivity index (χ3v) is 3.64. The Morgan fingerprint density at radius 2 is 2.22 bits per heavy atom. The maximum Gasteiger partial charge on any atom is 0.220 e. The molecule has 0 saturated heterocycles. The fraction of sp³-hybridized carbons (Fsp3) is 0.857. The lowest BCUT2D eigenvalue weighted by Crippen LogP contribution is -2.38. The summed E-state index contributed by atoms with van der Waals surface area (Å²) in [6.45, 7) is 4.84. The molecule has 0 spiro atoms. The van der Waals surface area contributed by atoms with Crippen LogP contribution in [0.2, 0.25) is 0 Å². The standard InChI is InChI=1S/C14H25N3O/c1-10(2)6-11(8-15)7-14(18)17-13-5-3-4-12(13)9-16/h10-13H,3-8,15H2,1-2H3,(H,17,18). The number of carbonyl (C=O) groups is 1. The number of hydrogen-bond acceptors (Lipinski definition) is 3. The first-order valence-corrected chi connectivity index (χ1v) is 6.95. The minimum Gasteiger partial charge on any atom is -0.352 e. The average Bonchev–Trinajstić information content (AvgIpc) is 2.74. The zero-order valence-corrected chi connectivity index (χ0v) is 11.5. The Bertz CT molecular complexity index is 309. The molecule has 0 aliphatic heterocycles. The molecule has 3 unspecified atom stereocenters. The zero-order chi connectivity index (χ0) is 13.5. The third-order valence-electron chi connectivity index (χ3n) is 3.64. The number of nitrogens with zero attached hydrogens (tertiary/aromatic N) is 1. The maximum absolute atomic E-state index is 11.9. The van der Waals surface area contributed by atoms with Crippen LogP contribution in [-0.2, 0) is 4.79 Å². The van der Waals surface area contributed by atoms with Gasteiger partial charge in [0.2, 0.25) is 5.91 Å². The molecule has 0 aromatic rings. The van der Waals surface area contributed by atoms with Crippen LogP contribution in [0.3, 0.4) is 0 Å². The van der Waals surface area contributed by atoms with Crippen LogP contribution in [0, 0.1) is 29.1 Å². The Morgan fingerprint density at radius 1 is 1.50 bits per heavy atom. The highest BCUT2D eigenvalue weighted by Crippen LogP contribution is 2.25. The highest BCUT2D eigenvalue weighted by atomic mass is 16.1. The summed E-state index contributed by atoms with van der Waals surface area (Å²) in [7, 11) is 0. The predicted octanol–water partition coefficient (Wildman–Crippen LogP) is 1.81. The lowest BCUT2D eigenvalue weighted by atomic mass is 9.93. The van der Waals surface area contributed by atoms with E-state index in [0.29, 0.717) is 18.9 Å². The Labute approximate surface area is 110 Å². The summed E-state index contributed by atoms with van der Waals surface area (Å²) in [5.74, 6) is 0.866. The predicted molar refractivity (Wildman–Crippen MR) is 71.5 cm³/mol. The van der Waals surface area contributed by atoms with Gasteiger partial charge in [0.25, 0.3) is 0 Å². The molecule has 4 heteroatoms. The molecular formula is C14H25N3O. The van der Waals surface area contributed by atoms with Crippen molar-refractivity contribution in [2.75, 3.05) is 6.54 Å². The molecule has 0 bridgehead atoms. The number of hydrogen-bond donors (Lipinski definition) is 2. The van der Waals surface area contributed by atoms with Gasteiger partial charge in [0.05, 0.1) is 12.0 Å². The van der Waals surface area contributed by atoms with Gasteiger partial charge >= 0.3 is 0 Å². The zero-order valence-electron chi connectivity index (χ0n) is 11.5. The van der Waals surface area contributed by atoms with Gasteiger partial charge in [-0.25, -0.2) is 0 Å². The van der Waals surface area contributed by atoms with Crippen LogP contribution in [0.4, 0.5) is 0 Å². The largest absolute Gasteiger partial charge is 0.352 e. The topological polar surface area (TPSA) is 78.9 Å². The maximum atomic E-state index is 11.9. The monoisotopic (exact) mass is 251 g/mol. The molecule has 1 aliphatic carbocycles. The van der Waals surface area contributed by atoms with E-state index < -0.39 is 0 Å². The first-order valence-electron chi connectivity index (χ1n) is 6.95. The minimum atomic E-state index is -0.00428. The van der Waals surface area contributed by atoms with Crippen LogP contribution in [0.15, 0.2) is 0 Å². The van der Waals surface area contributed by atoms with Crippen molar-refractivity contribution in [3.63, 3.8) is 0 Å². The molecule has 1 aliphatic rings. The fourth-order valence-corrected chi connectivity index (χ4v) is 2.74. The average molecular weight is 251 g/mol. The molecular weight excluding hydrogens is 226 g/mol. The van der Waals surface area contributed by atoms with Gasteiger partial charge in [0.15, 0.2) is 0 Å². The van der Waals surface area contributed by atoms with Crippen molar-refractivity contribution >= 4 is 5.91 Å². The van der Waals surface area contributed by atoms with Crippen LogP contribution in [-0.4, -0.2) is 18.5 Å². The Kier molecular flexibility index (Phi) is 6.14. The van der Waals surface area contributed by atoms with Gasteiger partial charge in [-0.05, 0) is 44.1 Å².